The lowest BCUT2D eigenvalue weighted by atomic mass is 9.77. The van der Waals surface area contributed by atoms with Gasteiger partial charge in [-0.25, -0.2) is 4.79 Å². The summed E-state index contributed by atoms with van der Waals surface area (Å²) in [6.07, 6.45) is 4.94. The Morgan fingerprint density at radius 2 is 1.43 bits per heavy atom. The van der Waals surface area contributed by atoms with Crippen molar-refractivity contribution < 1.29 is 23.0 Å². The predicted octanol–water partition coefficient (Wildman–Crippen LogP) is 8.09. The number of nitrogen functional groups attached to an aromatic ring is 2. The van der Waals surface area contributed by atoms with E-state index in [2.05, 4.69) is 6.92 Å². The molecule has 1 aliphatic rings. The molecule has 3 aromatic rings. The number of halogens is 2. The van der Waals surface area contributed by atoms with Crippen molar-refractivity contribution in [2.45, 2.75) is 64.9 Å². The Balaban J connectivity index is 1.36. The van der Waals surface area contributed by atoms with Gasteiger partial charge in [-0.05, 0) is 90.8 Å². The van der Waals surface area contributed by atoms with Crippen LogP contribution in [0.4, 0.5) is 20.2 Å². The summed E-state index contributed by atoms with van der Waals surface area (Å²) in [6.45, 7) is 4.25. The lowest BCUT2D eigenvalue weighted by Gasteiger charge is -2.35. The van der Waals surface area contributed by atoms with Gasteiger partial charge in [-0.15, -0.1) is 0 Å². The van der Waals surface area contributed by atoms with Gasteiger partial charge in [0.1, 0.15) is 5.75 Å². The molecule has 0 amide bonds. The van der Waals surface area contributed by atoms with E-state index in [1.807, 2.05) is 55.5 Å². The summed E-state index contributed by atoms with van der Waals surface area (Å²) in [5.74, 6) is -1.16. The number of rotatable bonds is 12. The molecule has 0 saturated heterocycles. The van der Waals surface area contributed by atoms with Gasteiger partial charge in [0.15, 0.2) is 0 Å². The maximum absolute atomic E-state index is 15.0. The Kier molecular flexibility index (Phi) is 10.3. The van der Waals surface area contributed by atoms with E-state index < -0.39 is 18.0 Å². The monoisotopic (exact) mass is 576 g/mol. The minimum Gasteiger partial charge on any atom is -0.462 e. The maximum Gasteiger partial charge on any atom is 0.400 e. The molecule has 4 rings (SSSR count). The van der Waals surface area contributed by atoms with Crippen LogP contribution in [0.15, 0.2) is 78.9 Å². The van der Waals surface area contributed by atoms with Crippen LogP contribution >= 0.6 is 0 Å². The van der Waals surface area contributed by atoms with E-state index in [1.165, 1.54) is 18.2 Å². The van der Waals surface area contributed by atoms with Crippen molar-refractivity contribution in [1.82, 2.24) is 0 Å². The zero-order valence-corrected chi connectivity index (χ0v) is 24.5. The van der Waals surface area contributed by atoms with Crippen LogP contribution < -0.4 is 16.2 Å². The van der Waals surface area contributed by atoms with Gasteiger partial charge in [0.05, 0.1) is 12.5 Å². The van der Waals surface area contributed by atoms with E-state index in [4.69, 9.17) is 20.9 Å². The molecule has 7 heteroatoms. The second-order valence-electron chi connectivity index (χ2n) is 11.9. The molecular formula is C35H42F2N2O3. The van der Waals surface area contributed by atoms with Crippen molar-refractivity contribution in [2.24, 2.45) is 17.3 Å². The zero-order chi connectivity index (χ0) is 30.2. The van der Waals surface area contributed by atoms with Gasteiger partial charge in [0.25, 0.3) is 0 Å². The van der Waals surface area contributed by atoms with Crippen LogP contribution in [0, 0.1) is 17.3 Å². The first-order chi connectivity index (χ1) is 20.0. The molecule has 3 aromatic carbocycles. The van der Waals surface area contributed by atoms with Crippen molar-refractivity contribution in [3.05, 3.63) is 95.6 Å². The Morgan fingerprint density at radius 3 is 1.98 bits per heavy atom. The molecule has 0 aromatic heterocycles. The molecule has 2 unspecified atom stereocenters. The minimum absolute atomic E-state index is 0.0261. The van der Waals surface area contributed by atoms with E-state index in [0.29, 0.717) is 36.2 Å². The van der Waals surface area contributed by atoms with Crippen LogP contribution in [-0.4, -0.2) is 18.7 Å². The van der Waals surface area contributed by atoms with Crippen LogP contribution in [0.5, 0.6) is 5.75 Å². The second kappa shape index (κ2) is 13.9. The Morgan fingerprint density at radius 1 is 0.881 bits per heavy atom. The molecule has 0 radical (unpaired) electrons. The number of carbonyl (C=O) groups is 1. The number of benzene rings is 3. The van der Waals surface area contributed by atoms with Gasteiger partial charge in [-0.2, -0.15) is 8.78 Å². The highest BCUT2D eigenvalue weighted by Gasteiger charge is 2.46. The van der Waals surface area contributed by atoms with Gasteiger partial charge in [-0.3, -0.25) is 0 Å². The summed E-state index contributed by atoms with van der Waals surface area (Å²) in [4.78, 5) is 12.7. The largest absolute Gasteiger partial charge is 0.462 e. The van der Waals surface area contributed by atoms with Crippen molar-refractivity contribution >= 4 is 23.4 Å². The number of esters is 1. The molecule has 5 nitrogen and oxygen atoms in total. The van der Waals surface area contributed by atoms with Crippen LogP contribution in [-0.2, 0) is 22.4 Å². The number of anilines is 2. The fraction of sp³-hybridized carbons (Fsp3) is 0.400. The molecule has 1 aliphatic carbocycles. The fourth-order valence-corrected chi connectivity index (χ4v) is 5.90. The Bertz CT molecular complexity index is 1270. The smallest absolute Gasteiger partial charge is 0.400 e. The zero-order valence-electron chi connectivity index (χ0n) is 24.5. The predicted molar refractivity (Wildman–Crippen MR) is 165 cm³/mol. The highest BCUT2D eigenvalue weighted by Crippen LogP contribution is 2.43. The lowest BCUT2D eigenvalue weighted by Crippen LogP contribution is -2.40. The minimum atomic E-state index is -3.21. The number of nitrogens with two attached hydrogens (primary N) is 2. The Hall–Kier alpha value is -3.87. The lowest BCUT2D eigenvalue weighted by molar-refractivity contribution is -0.234. The topological polar surface area (TPSA) is 87.6 Å². The van der Waals surface area contributed by atoms with E-state index in [9.17, 15) is 13.6 Å². The summed E-state index contributed by atoms with van der Waals surface area (Å²) in [5.41, 5.74) is 15.6. The van der Waals surface area contributed by atoms with Gasteiger partial charge < -0.3 is 20.9 Å². The number of alkyl halides is 2. The highest BCUT2D eigenvalue weighted by atomic mass is 19.3. The van der Waals surface area contributed by atoms with Gasteiger partial charge in [-0.1, -0.05) is 69.5 Å². The summed E-state index contributed by atoms with van der Waals surface area (Å²) in [7, 11) is 0. The van der Waals surface area contributed by atoms with Gasteiger partial charge in [0.2, 0.25) is 0 Å². The van der Waals surface area contributed by atoms with Crippen LogP contribution in [0.1, 0.15) is 62.6 Å². The van der Waals surface area contributed by atoms with E-state index in [0.717, 1.165) is 36.8 Å². The van der Waals surface area contributed by atoms with Crippen molar-refractivity contribution in [3.63, 3.8) is 0 Å². The molecule has 1 saturated carbocycles. The average Bonchev–Trinajstić information content (AvgIpc) is 2.98. The first-order valence-electron chi connectivity index (χ1n) is 14.8. The van der Waals surface area contributed by atoms with Crippen molar-refractivity contribution in [2.75, 3.05) is 18.1 Å². The molecule has 42 heavy (non-hydrogen) atoms. The van der Waals surface area contributed by atoms with E-state index >= 15 is 0 Å². The third-order valence-corrected chi connectivity index (χ3v) is 8.20. The summed E-state index contributed by atoms with van der Waals surface area (Å²) < 4.78 is 40.8. The first kappa shape index (κ1) is 31.1. The standard InChI is InChI=1S/C35H42F2N2O3/c1-3-28-6-4-5-7-32(28)35(36,37)42-31-19-12-25(13-20-31)14-21-33(40)41-24-34(2,22-26-8-15-29(38)16-9-26)23-27-10-17-30(39)18-11-27/h8-21,28,32H,3-7,22-24,38-39H2,1-2H3. The van der Waals surface area contributed by atoms with Crippen LogP contribution in [0.3, 0.4) is 0 Å². The van der Waals surface area contributed by atoms with E-state index in [1.54, 1.807) is 18.2 Å². The molecule has 0 heterocycles. The normalized spacial score (nSPS) is 17.7. The number of carbonyl (C=O) groups excluding carboxylic acids is 1. The quantitative estimate of drug-likeness (QED) is 0.129. The van der Waals surface area contributed by atoms with Crippen LogP contribution in [0.25, 0.3) is 6.08 Å². The first-order valence-corrected chi connectivity index (χ1v) is 14.8. The maximum atomic E-state index is 15.0. The van der Waals surface area contributed by atoms with Crippen LogP contribution in [0.2, 0.25) is 0 Å². The van der Waals surface area contributed by atoms with Gasteiger partial charge in [0, 0.05) is 22.9 Å². The SMILES string of the molecule is CCC1CCCCC1C(F)(F)Oc1ccc(C=CC(=O)OCC(C)(Cc2ccc(N)cc2)Cc2ccc(N)cc2)cc1. The number of ether oxygens (including phenoxy) is 2. The third kappa shape index (κ3) is 8.81. The summed E-state index contributed by atoms with van der Waals surface area (Å²) in [6, 6.07) is 21.7. The fourth-order valence-electron chi connectivity index (χ4n) is 5.90. The summed E-state index contributed by atoms with van der Waals surface area (Å²) >= 11 is 0. The molecule has 0 bridgehead atoms. The second-order valence-corrected chi connectivity index (χ2v) is 11.9. The molecular weight excluding hydrogens is 534 g/mol. The third-order valence-electron chi connectivity index (χ3n) is 8.20. The molecule has 0 spiro atoms. The highest BCUT2D eigenvalue weighted by molar-refractivity contribution is 5.87. The van der Waals surface area contributed by atoms with Crippen molar-refractivity contribution in [1.29, 1.82) is 0 Å². The summed E-state index contributed by atoms with van der Waals surface area (Å²) in [5, 5.41) is 0. The molecule has 4 N–H and O–H groups in total. The molecule has 224 valence electrons. The molecule has 2 atom stereocenters. The number of hydrogen-bond acceptors (Lipinski definition) is 5. The molecule has 0 aliphatic heterocycles. The average molecular weight is 577 g/mol. The van der Waals surface area contributed by atoms with Gasteiger partial charge >= 0.3 is 12.1 Å². The van der Waals surface area contributed by atoms with Crippen molar-refractivity contribution in [3.8, 4) is 5.75 Å². The molecule has 1 fully saturated rings. The Labute approximate surface area is 247 Å². The van der Waals surface area contributed by atoms with E-state index in [-0.39, 0.29) is 23.7 Å². The number of hydrogen-bond donors (Lipinski definition) is 2.